The molecule has 0 aliphatic rings. The molecular weight excluding hydrogens is 222 g/mol. The normalized spacial score (nSPS) is 15.7. The average molecular weight is 235 g/mol. The van der Waals surface area contributed by atoms with Gasteiger partial charge in [-0.2, -0.15) is 0 Å². The van der Waals surface area contributed by atoms with Gasteiger partial charge in [-0.25, -0.2) is 0 Å². The van der Waals surface area contributed by atoms with Gasteiger partial charge in [0.05, 0.1) is 0 Å². The SMILES string of the molecule is CSc1nnc(SC(C)C(C)N)s1. The van der Waals surface area contributed by atoms with Crippen LogP contribution in [0.1, 0.15) is 13.8 Å². The van der Waals surface area contributed by atoms with Crippen molar-refractivity contribution in [3.05, 3.63) is 0 Å². The van der Waals surface area contributed by atoms with E-state index in [9.17, 15) is 0 Å². The minimum absolute atomic E-state index is 0.187. The Kier molecular flexibility index (Phi) is 4.51. The van der Waals surface area contributed by atoms with Crippen LogP contribution in [0.25, 0.3) is 0 Å². The summed E-state index contributed by atoms with van der Waals surface area (Å²) in [5.41, 5.74) is 5.75. The summed E-state index contributed by atoms with van der Waals surface area (Å²) in [5.74, 6) is 0. The molecule has 74 valence electrons. The second-order valence-corrected chi connectivity index (χ2v) is 6.38. The largest absolute Gasteiger partial charge is 0.327 e. The van der Waals surface area contributed by atoms with Crippen LogP contribution in [0.4, 0.5) is 0 Å². The topological polar surface area (TPSA) is 51.8 Å². The highest BCUT2D eigenvalue weighted by atomic mass is 32.2. The van der Waals surface area contributed by atoms with E-state index in [2.05, 4.69) is 17.1 Å². The zero-order valence-electron chi connectivity index (χ0n) is 7.85. The monoisotopic (exact) mass is 235 g/mol. The lowest BCUT2D eigenvalue weighted by atomic mass is 10.3. The van der Waals surface area contributed by atoms with Gasteiger partial charge in [0.15, 0.2) is 8.68 Å². The van der Waals surface area contributed by atoms with Gasteiger partial charge in [0.25, 0.3) is 0 Å². The Balaban J connectivity index is 2.53. The second-order valence-electron chi connectivity index (χ2n) is 2.72. The number of aromatic nitrogens is 2. The number of hydrogen-bond donors (Lipinski definition) is 1. The molecule has 0 saturated carbocycles. The van der Waals surface area contributed by atoms with Gasteiger partial charge in [-0.1, -0.05) is 41.8 Å². The predicted molar refractivity (Wildman–Crippen MR) is 60.7 cm³/mol. The van der Waals surface area contributed by atoms with Crippen molar-refractivity contribution >= 4 is 34.9 Å². The summed E-state index contributed by atoms with van der Waals surface area (Å²) in [6, 6.07) is 0.187. The van der Waals surface area contributed by atoms with Gasteiger partial charge >= 0.3 is 0 Å². The quantitative estimate of drug-likeness (QED) is 0.810. The Bertz CT molecular complexity index is 261. The fourth-order valence-corrected chi connectivity index (χ4v) is 3.26. The fourth-order valence-electron chi connectivity index (χ4n) is 0.594. The number of nitrogens with zero attached hydrogens (tertiary/aromatic N) is 2. The molecule has 0 bridgehead atoms. The van der Waals surface area contributed by atoms with Gasteiger partial charge in [0.2, 0.25) is 0 Å². The van der Waals surface area contributed by atoms with Crippen molar-refractivity contribution in [3.63, 3.8) is 0 Å². The van der Waals surface area contributed by atoms with E-state index in [0.29, 0.717) is 5.25 Å². The molecular formula is C7H13N3S3. The first-order valence-corrected chi connectivity index (χ1v) is 6.85. The van der Waals surface area contributed by atoms with E-state index in [0.717, 1.165) is 8.68 Å². The number of nitrogens with two attached hydrogens (primary N) is 1. The van der Waals surface area contributed by atoms with Crippen LogP contribution < -0.4 is 5.73 Å². The highest BCUT2D eigenvalue weighted by Crippen LogP contribution is 2.30. The zero-order chi connectivity index (χ0) is 9.84. The highest BCUT2D eigenvalue weighted by Gasteiger charge is 2.12. The number of rotatable bonds is 4. The number of hydrogen-bond acceptors (Lipinski definition) is 6. The average Bonchev–Trinajstić information content (AvgIpc) is 2.52. The molecule has 0 spiro atoms. The molecule has 13 heavy (non-hydrogen) atoms. The van der Waals surface area contributed by atoms with Gasteiger partial charge in [-0.15, -0.1) is 10.2 Å². The summed E-state index contributed by atoms with van der Waals surface area (Å²) in [6.07, 6.45) is 2.00. The summed E-state index contributed by atoms with van der Waals surface area (Å²) in [6.45, 7) is 4.11. The molecule has 0 aromatic carbocycles. The van der Waals surface area contributed by atoms with E-state index in [1.165, 1.54) is 0 Å². The van der Waals surface area contributed by atoms with Crippen molar-refractivity contribution in [1.82, 2.24) is 10.2 Å². The van der Waals surface area contributed by atoms with Gasteiger partial charge in [-0.3, -0.25) is 0 Å². The van der Waals surface area contributed by atoms with Crippen LogP contribution in [0.5, 0.6) is 0 Å². The van der Waals surface area contributed by atoms with Crippen molar-refractivity contribution in [2.45, 2.75) is 33.8 Å². The standard InChI is InChI=1S/C7H13N3S3/c1-4(8)5(2)12-7-10-9-6(11-3)13-7/h4-5H,8H2,1-3H3. The lowest BCUT2D eigenvalue weighted by molar-refractivity contribution is 0.730. The molecule has 0 saturated heterocycles. The first-order valence-electron chi connectivity index (χ1n) is 3.93. The van der Waals surface area contributed by atoms with Gasteiger partial charge in [0, 0.05) is 11.3 Å². The van der Waals surface area contributed by atoms with Crippen LogP contribution in [0.3, 0.4) is 0 Å². The molecule has 2 unspecified atom stereocenters. The first-order chi connectivity index (χ1) is 6.13. The van der Waals surface area contributed by atoms with Crippen LogP contribution >= 0.6 is 34.9 Å². The van der Waals surface area contributed by atoms with Crippen LogP contribution in [0.2, 0.25) is 0 Å². The van der Waals surface area contributed by atoms with E-state index in [1.807, 2.05) is 13.2 Å². The zero-order valence-corrected chi connectivity index (χ0v) is 10.3. The Morgan fingerprint density at radius 1 is 1.31 bits per heavy atom. The Morgan fingerprint density at radius 2 is 1.92 bits per heavy atom. The molecule has 0 fully saturated rings. The maximum Gasteiger partial charge on any atom is 0.175 e. The summed E-state index contributed by atoms with van der Waals surface area (Å²) >= 11 is 4.95. The first kappa shape index (κ1) is 11.3. The highest BCUT2D eigenvalue weighted by molar-refractivity contribution is 8.03. The lowest BCUT2D eigenvalue weighted by Gasteiger charge is -2.11. The Hall–Kier alpha value is 0.220. The lowest BCUT2D eigenvalue weighted by Crippen LogP contribution is -2.26. The van der Waals surface area contributed by atoms with Crippen molar-refractivity contribution in [2.24, 2.45) is 5.73 Å². The third-order valence-electron chi connectivity index (χ3n) is 1.59. The fraction of sp³-hybridized carbons (Fsp3) is 0.714. The molecule has 0 aliphatic heterocycles. The summed E-state index contributed by atoms with van der Waals surface area (Å²) in [4.78, 5) is 0. The minimum atomic E-state index is 0.187. The molecule has 6 heteroatoms. The van der Waals surface area contributed by atoms with Crippen LogP contribution in [-0.2, 0) is 0 Å². The molecule has 0 aliphatic carbocycles. The molecule has 0 radical (unpaired) electrons. The van der Waals surface area contributed by atoms with Gasteiger partial charge in [-0.05, 0) is 13.2 Å². The van der Waals surface area contributed by atoms with E-state index in [-0.39, 0.29) is 6.04 Å². The van der Waals surface area contributed by atoms with E-state index < -0.39 is 0 Å². The summed E-state index contributed by atoms with van der Waals surface area (Å²) in [5, 5.41) is 8.47. The van der Waals surface area contributed by atoms with Crippen molar-refractivity contribution in [1.29, 1.82) is 0 Å². The van der Waals surface area contributed by atoms with Gasteiger partial charge < -0.3 is 5.73 Å². The summed E-state index contributed by atoms with van der Waals surface area (Å²) < 4.78 is 2.02. The van der Waals surface area contributed by atoms with E-state index in [1.54, 1.807) is 34.9 Å². The molecule has 1 aromatic heterocycles. The smallest absolute Gasteiger partial charge is 0.175 e. The molecule has 2 N–H and O–H groups in total. The van der Waals surface area contributed by atoms with Crippen LogP contribution in [0, 0.1) is 0 Å². The van der Waals surface area contributed by atoms with Crippen LogP contribution in [-0.4, -0.2) is 27.7 Å². The minimum Gasteiger partial charge on any atom is -0.327 e. The van der Waals surface area contributed by atoms with E-state index in [4.69, 9.17) is 5.73 Å². The van der Waals surface area contributed by atoms with Gasteiger partial charge in [0.1, 0.15) is 0 Å². The van der Waals surface area contributed by atoms with Crippen molar-refractivity contribution < 1.29 is 0 Å². The predicted octanol–water partition coefficient (Wildman–Crippen LogP) is 2.09. The molecule has 1 aromatic rings. The summed E-state index contributed by atoms with van der Waals surface area (Å²) in [7, 11) is 0. The Labute approximate surface area is 90.9 Å². The number of thioether (sulfide) groups is 2. The van der Waals surface area contributed by atoms with Crippen molar-refractivity contribution in [3.8, 4) is 0 Å². The van der Waals surface area contributed by atoms with Crippen molar-refractivity contribution in [2.75, 3.05) is 6.26 Å². The second kappa shape index (κ2) is 5.19. The third-order valence-corrected chi connectivity index (χ3v) is 4.91. The molecule has 1 heterocycles. The maximum absolute atomic E-state index is 5.75. The molecule has 1 rings (SSSR count). The maximum atomic E-state index is 5.75. The molecule has 0 amide bonds. The third kappa shape index (κ3) is 3.46. The molecule has 3 nitrogen and oxygen atoms in total. The van der Waals surface area contributed by atoms with Crippen LogP contribution in [0.15, 0.2) is 8.68 Å². The molecule has 2 atom stereocenters. The van der Waals surface area contributed by atoms with E-state index >= 15 is 0 Å². The Morgan fingerprint density at radius 3 is 2.38 bits per heavy atom.